The topological polar surface area (TPSA) is 57.4 Å². The van der Waals surface area contributed by atoms with Gasteiger partial charge in [0.1, 0.15) is 5.82 Å². The van der Waals surface area contributed by atoms with Crippen LogP contribution in [0.3, 0.4) is 0 Å². The molecule has 0 aliphatic carbocycles. The molecule has 2 heterocycles. The summed E-state index contributed by atoms with van der Waals surface area (Å²) in [7, 11) is 4.30. The largest absolute Gasteiger partial charge is 0.374 e. The second-order valence-corrected chi connectivity index (χ2v) is 4.84. The molecule has 1 fully saturated rings. The maximum atomic E-state index is 5.36. The van der Waals surface area contributed by atoms with Gasteiger partial charge >= 0.3 is 0 Å². The van der Waals surface area contributed by atoms with Gasteiger partial charge in [-0.25, -0.2) is 10.8 Å². The molecule has 0 bridgehead atoms. The van der Waals surface area contributed by atoms with Gasteiger partial charge in [0, 0.05) is 38.1 Å². The predicted octanol–water partition coefficient (Wildman–Crippen LogP) is 0.755. The number of hydrazine groups is 1. The number of nitrogen functional groups attached to an aromatic ring is 1. The normalized spacial score (nSPS) is 20.5. The number of nitrogens with one attached hydrogen (secondary N) is 1. The number of rotatable bonds is 4. The lowest BCUT2D eigenvalue weighted by atomic mass is 10.1. The Balaban J connectivity index is 1.96. The number of aromatic nitrogens is 1. The third-order valence-corrected chi connectivity index (χ3v) is 3.35. The minimum atomic E-state index is 0.706. The number of anilines is 2. The van der Waals surface area contributed by atoms with Crippen molar-refractivity contribution in [3.8, 4) is 0 Å². The molecule has 1 atom stereocenters. The minimum absolute atomic E-state index is 0.706. The van der Waals surface area contributed by atoms with Gasteiger partial charge in [-0.15, -0.1) is 0 Å². The lowest BCUT2D eigenvalue weighted by Gasteiger charge is -2.23. The molecule has 17 heavy (non-hydrogen) atoms. The zero-order valence-corrected chi connectivity index (χ0v) is 10.6. The van der Waals surface area contributed by atoms with E-state index in [0.29, 0.717) is 5.82 Å². The lowest BCUT2D eigenvalue weighted by Crippen LogP contribution is -2.27. The van der Waals surface area contributed by atoms with Gasteiger partial charge in [-0.2, -0.15) is 0 Å². The molecule has 1 aromatic rings. The second kappa shape index (κ2) is 5.33. The first-order valence-corrected chi connectivity index (χ1v) is 6.01. The van der Waals surface area contributed by atoms with E-state index in [1.54, 1.807) is 6.20 Å². The molecule has 1 saturated heterocycles. The van der Waals surface area contributed by atoms with Crippen LogP contribution in [0.2, 0.25) is 0 Å². The number of pyridine rings is 1. The van der Waals surface area contributed by atoms with Crippen molar-refractivity contribution in [1.29, 1.82) is 0 Å². The van der Waals surface area contributed by atoms with E-state index in [1.807, 2.05) is 12.1 Å². The Bertz CT molecular complexity index is 368. The highest BCUT2D eigenvalue weighted by molar-refractivity contribution is 5.52. The monoisotopic (exact) mass is 235 g/mol. The summed E-state index contributed by atoms with van der Waals surface area (Å²) in [4.78, 5) is 8.77. The standard InChI is InChI=1S/C12H21N5/c1-16-6-4-10(8-16)9-17(2)11-3-5-14-12(7-11)15-13/h3,5,7,10H,4,6,8-9,13H2,1-2H3,(H,14,15). The Hall–Kier alpha value is -1.33. The van der Waals surface area contributed by atoms with E-state index in [9.17, 15) is 0 Å². The summed E-state index contributed by atoms with van der Waals surface area (Å²) in [5.74, 6) is 6.83. The third-order valence-electron chi connectivity index (χ3n) is 3.35. The Kier molecular flexibility index (Phi) is 3.81. The van der Waals surface area contributed by atoms with Crippen LogP contribution in [0.4, 0.5) is 11.5 Å². The molecule has 1 unspecified atom stereocenters. The molecule has 1 aliphatic rings. The average Bonchev–Trinajstić information content (AvgIpc) is 2.75. The number of likely N-dealkylation sites (tertiary alicyclic amines) is 1. The maximum Gasteiger partial charge on any atom is 0.141 e. The van der Waals surface area contributed by atoms with Crippen molar-refractivity contribution in [2.75, 3.05) is 44.1 Å². The highest BCUT2D eigenvalue weighted by Gasteiger charge is 2.20. The number of hydrogen-bond acceptors (Lipinski definition) is 5. The van der Waals surface area contributed by atoms with E-state index >= 15 is 0 Å². The van der Waals surface area contributed by atoms with Crippen molar-refractivity contribution >= 4 is 11.5 Å². The Labute approximate surface area is 103 Å². The molecule has 94 valence electrons. The van der Waals surface area contributed by atoms with E-state index in [2.05, 4.69) is 34.3 Å². The fourth-order valence-corrected chi connectivity index (χ4v) is 2.40. The van der Waals surface area contributed by atoms with Crippen LogP contribution >= 0.6 is 0 Å². The van der Waals surface area contributed by atoms with Crippen LogP contribution < -0.4 is 16.2 Å². The number of nitrogens with zero attached hydrogens (tertiary/aromatic N) is 3. The van der Waals surface area contributed by atoms with Gasteiger partial charge in [0.15, 0.2) is 0 Å². The van der Waals surface area contributed by atoms with Crippen LogP contribution in [0.1, 0.15) is 6.42 Å². The minimum Gasteiger partial charge on any atom is -0.374 e. The Morgan fingerprint density at radius 1 is 1.65 bits per heavy atom. The van der Waals surface area contributed by atoms with Crippen molar-refractivity contribution < 1.29 is 0 Å². The first-order valence-electron chi connectivity index (χ1n) is 6.01. The molecular weight excluding hydrogens is 214 g/mol. The smallest absolute Gasteiger partial charge is 0.141 e. The molecule has 5 nitrogen and oxygen atoms in total. The summed E-state index contributed by atoms with van der Waals surface area (Å²) in [6, 6.07) is 3.98. The van der Waals surface area contributed by atoms with E-state index in [-0.39, 0.29) is 0 Å². The molecule has 2 rings (SSSR count). The first-order chi connectivity index (χ1) is 8.19. The molecule has 1 aromatic heterocycles. The molecule has 0 radical (unpaired) electrons. The van der Waals surface area contributed by atoms with Crippen molar-refractivity contribution in [3.05, 3.63) is 18.3 Å². The van der Waals surface area contributed by atoms with Crippen LogP contribution in [0.25, 0.3) is 0 Å². The molecule has 0 amide bonds. The van der Waals surface area contributed by atoms with Crippen molar-refractivity contribution in [2.45, 2.75) is 6.42 Å². The zero-order valence-electron chi connectivity index (χ0n) is 10.6. The van der Waals surface area contributed by atoms with Gasteiger partial charge in [0.05, 0.1) is 0 Å². The summed E-state index contributed by atoms with van der Waals surface area (Å²) in [6.45, 7) is 3.49. The summed E-state index contributed by atoms with van der Waals surface area (Å²) >= 11 is 0. The number of nitrogens with two attached hydrogens (primary N) is 1. The lowest BCUT2D eigenvalue weighted by molar-refractivity contribution is 0.396. The second-order valence-electron chi connectivity index (χ2n) is 4.84. The highest BCUT2D eigenvalue weighted by Crippen LogP contribution is 2.20. The van der Waals surface area contributed by atoms with E-state index < -0.39 is 0 Å². The molecule has 1 aliphatic heterocycles. The van der Waals surface area contributed by atoms with Crippen molar-refractivity contribution in [2.24, 2.45) is 11.8 Å². The third kappa shape index (κ3) is 3.08. The molecule has 0 aromatic carbocycles. The van der Waals surface area contributed by atoms with E-state index in [0.717, 1.165) is 18.2 Å². The molecule has 5 heteroatoms. The maximum absolute atomic E-state index is 5.36. The van der Waals surface area contributed by atoms with Crippen LogP contribution in [-0.2, 0) is 0 Å². The SMILES string of the molecule is CN1CCC(CN(C)c2ccnc(NN)c2)C1. The Morgan fingerprint density at radius 3 is 3.12 bits per heavy atom. The van der Waals surface area contributed by atoms with Gasteiger partial charge in [-0.05, 0) is 32.0 Å². The summed E-state index contributed by atoms with van der Waals surface area (Å²) in [5.41, 5.74) is 3.73. The van der Waals surface area contributed by atoms with Crippen LogP contribution in [0, 0.1) is 5.92 Å². The summed E-state index contributed by atoms with van der Waals surface area (Å²) < 4.78 is 0. The number of hydrogen-bond donors (Lipinski definition) is 2. The van der Waals surface area contributed by atoms with Crippen molar-refractivity contribution in [1.82, 2.24) is 9.88 Å². The first kappa shape index (κ1) is 12.1. The van der Waals surface area contributed by atoms with Gasteiger partial charge in [0.2, 0.25) is 0 Å². The highest BCUT2D eigenvalue weighted by atomic mass is 15.2. The van der Waals surface area contributed by atoms with Crippen LogP contribution in [0.15, 0.2) is 18.3 Å². The van der Waals surface area contributed by atoms with Gasteiger partial charge in [-0.1, -0.05) is 0 Å². The predicted molar refractivity (Wildman–Crippen MR) is 70.9 cm³/mol. The zero-order chi connectivity index (χ0) is 12.3. The fourth-order valence-electron chi connectivity index (χ4n) is 2.40. The van der Waals surface area contributed by atoms with E-state index in [4.69, 9.17) is 5.84 Å². The van der Waals surface area contributed by atoms with Gasteiger partial charge in [-0.3, -0.25) is 0 Å². The molecular formula is C12H21N5. The molecule has 0 spiro atoms. The summed E-state index contributed by atoms with van der Waals surface area (Å²) in [6.07, 6.45) is 3.07. The molecule has 3 N–H and O–H groups in total. The van der Waals surface area contributed by atoms with Crippen LogP contribution in [0.5, 0.6) is 0 Å². The fraction of sp³-hybridized carbons (Fsp3) is 0.583. The molecule has 0 saturated carbocycles. The van der Waals surface area contributed by atoms with Crippen LogP contribution in [-0.4, -0.2) is 43.6 Å². The Morgan fingerprint density at radius 2 is 2.47 bits per heavy atom. The average molecular weight is 235 g/mol. The van der Waals surface area contributed by atoms with Gasteiger partial charge in [0.25, 0.3) is 0 Å². The van der Waals surface area contributed by atoms with Gasteiger partial charge < -0.3 is 15.2 Å². The quantitative estimate of drug-likeness (QED) is 0.596. The van der Waals surface area contributed by atoms with Crippen molar-refractivity contribution in [3.63, 3.8) is 0 Å². The summed E-state index contributed by atoms with van der Waals surface area (Å²) in [5, 5.41) is 0. The van der Waals surface area contributed by atoms with E-state index in [1.165, 1.54) is 19.5 Å².